The van der Waals surface area contributed by atoms with E-state index in [4.69, 9.17) is 56.8 Å². The summed E-state index contributed by atoms with van der Waals surface area (Å²) in [5.41, 5.74) is 0. The Balaban J connectivity index is 3.04. The van der Waals surface area contributed by atoms with Crippen molar-refractivity contribution in [1.82, 2.24) is 0 Å². The minimum absolute atomic E-state index is 0.230. The lowest BCUT2D eigenvalue weighted by molar-refractivity contribution is -0.142. The van der Waals surface area contributed by atoms with Crippen molar-refractivity contribution in [2.24, 2.45) is 0 Å². The van der Waals surface area contributed by atoms with Crippen LogP contribution in [0.5, 0.6) is 0 Å². The van der Waals surface area contributed by atoms with Crippen molar-refractivity contribution < 1.29 is 61.6 Å². The average molecular weight is 587 g/mol. The maximum absolute atomic E-state index is 10.6. The molecule has 240 valence electrons. The Bertz CT molecular complexity index is 497. The van der Waals surface area contributed by atoms with E-state index in [1.807, 2.05) is 13.8 Å². The van der Waals surface area contributed by atoms with E-state index in [9.17, 15) is 4.79 Å². The van der Waals surface area contributed by atoms with Crippen LogP contribution in [-0.2, 0) is 61.6 Å². The van der Waals surface area contributed by atoms with Crippen molar-refractivity contribution in [3.63, 3.8) is 0 Å². The Hall–Kier alpha value is -0.970. The molecule has 0 aromatic carbocycles. The fourth-order valence-corrected chi connectivity index (χ4v) is 2.67. The molecule has 0 aromatic rings. The van der Waals surface area contributed by atoms with E-state index in [2.05, 4.69) is 0 Å². The third kappa shape index (κ3) is 37.0. The fourth-order valence-electron chi connectivity index (χ4n) is 2.67. The molecular formula is C27H54O13. The molecule has 40 heavy (non-hydrogen) atoms. The minimum Gasteiger partial charge on any atom is -0.463 e. The first-order valence-electron chi connectivity index (χ1n) is 14.1. The van der Waals surface area contributed by atoms with Gasteiger partial charge < -0.3 is 56.8 Å². The standard InChI is InChI=1S/C27H54O13/c1-26(2)39-24-22-37-20-18-35-16-14-33-12-10-31-8-6-29-4-5-30-7-9-32-11-13-34-15-17-36-19-21-38-23-25-40-27(3)28/h26H,4-25H2,1-3H3. The molecule has 13 heteroatoms. The van der Waals surface area contributed by atoms with Crippen LogP contribution < -0.4 is 0 Å². The van der Waals surface area contributed by atoms with Gasteiger partial charge in [-0.1, -0.05) is 0 Å². The monoisotopic (exact) mass is 586 g/mol. The highest BCUT2D eigenvalue weighted by Crippen LogP contribution is 1.89. The second-order valence-corrected chi connectivity index (χ2v) is 8.38. The van der Waals surface area contributed by atoms with Crippen molar-refractivity contribution in [3.8, 4) is 0 Å². The van der Waals surface area contributed by atoms with E-state index >= 15 is 0 Å². The first-order valence-corrected chi connectivity index (χ1v) is 14.1. The number of carbonyl (C=O) groups is 1. The van der Waals surface area contributed by atoms with E-state index in [-0.39, 0.29) is 18.7 Å². The quantitative estimate of drug-likeness (QED) is 0.0790. The largest absolute Gasteiger partial charge is 0.463 e. The fraction of sp³-hybridized carbons (Fsp3) is 0.963. The number of carbonyl (C=O) groups excluding carboxylic acids is 1. The summed E-state index contributed by atoms with van der Waals surface area (Å²) in [6.07, 6.45) is 0.230. The second-order valence-electron chi connectivity index (χ2n) is 8.38. The molecule has 0 spiro atoms. The molecule has 0 saturated heterocycles. The van der Waals surface area contributed by atoms with Gasteiger partial charge in [0.1, 0.15) is 6.61 Å². The van der Waals surface area contributed by atoms with Gasteiger partial charge in [0.25, 0.3) is 0 Å². The molecule has 0 aliphatic rings. The number of hydrogen-bond donors (Lipinski definition) is 0. The van der Waals surface area contributed by atoms with Gasteiger partial charge in [0, 0.05) is 6.92 Å². The lowest BCUT2D eigenvalue weighted by Gasteiger charge is -2.09. The molecule has 0 fully saturated rings. The summed E-state index contributed by atoms with van der Waals surface area (Å²) in [7, 11) is 0. The van der Waals surface area contributed by atoms with Crippen molar-refractivity contribution in [3.05, 3.63) is 0 Å². The second kappa shape index (κ2) is 34.2. The summed E-state index contributed by atoms with van der Waals surface area (Å²) in [4.78, 5) is 10.6. The van der Waals surface area contributed by atoms with Crippen LogP contribution in [0.25, 0.3) is 0 Å². The van der Waals surface area contributed by atoms with Crippen molar-refractivity contribution in [2.75, 3.05) is 145 Å². The van der Waals surface area contributed by atoms with Crippen molar-refractivity contribution in [2.45, 2.75) is 26.9 Å². The number of hydrogen-bond acceptors (Lipinski definition) is 13. The highest BCUT2D eigenvalue weighted by molar-refractivity contribution is 5.65. The summed E-state index contributed by atoms with van der Waals surface area (Å²) in [6.45, 7) is 16.3. The molecule has 0 rings (SSSR count). The van der Waals surface area contributed by atoms with Crippen LogP contribution in [0, 0.1) is 0 Å². The van der Waals surface area contributed by atoms with Crippen LogP contribution in [-0.4, -0.2) is 157 Å². The average Bonchev–Trinajstić information content (AvgIpc) is 2.93. The van der Waals surface area contributed by atoms with Gasteiger partial charge >= 0.3 is 5.97 Å². The van der Waals surface area contributed by atoms with E-state index in [1.54, 1.807) is 0 Å². The minimum atomic E-state index is -0.310. The normalized spacial score (nSPS) is 11.5. The number of esters is 1. The number of ether oxygens (including phenoxy) is 12. The smallest absolute Gasteiger partial charge is 0.302 e. The van der Waals surface area contributed by atoms with Crippen LogP contribution in [0.1, 0.15) is 20.8 Å². The lowest BCUT2D eigenvalue weighted by Crippen LogP contribution is -2.15. The predicted octanol–water partition coefficient (Wildman–Crippen LogP) is 1.14. The molecule has 0 N–H and O–H groups in total. The van der Waals surface area contributed by atoms with Crippen LogP contribution >= 0.6 is 0 Å². The van der Waals surface area contributed by atoms with Crippen molar-refractivity contribution >= 4 is 5.97 Å². The van der Waals surface area contributed by atoms with Gasteiger partial charge in [0.15, 0.2) is 0 Å². The maximum Gasteiger partial charge on any atom is 0.302 e. The van der Waals surface area contributed by atoms with Crippen LogP contribution in [0.4, 0.5) is 0 Å². The summed E-state index contributed by atoms with van der Waals surface area (Å²) in [6, 6.07) is 0. The molecule has 0 bridgehead atoms. The molecule has 0 unspecified atom stereocenters. The third-order valence-corrected chi connectivity index (χ3v) is 4.56. The van der Waals surface area contributed by atoms with Crippen LogP contribution in [0.3, 0.4) is 0 Å². The molecular weight excluding hydrogens is 532 g/mol. The zero-order chi connectivity index (χ0) is 29.2. The Morgan fingerprint density at radius 3 is 0.775 bits per heavy atom. The third-order valence-electron chi connectivity index (χ3n) is 4.56. The first-order chi connectivity index (χ1) is 19.6. The van der Waals surface area contributed by atoms with Crippen LogP contribution in [0.15, 0.2) is 0 Å². The molecule has 0 saturated carbocycles. The van der Waals surface area contributed by atoms with Crippen molar-refractivity contribution in [1.29, 1.82) is 0 Å². The topological polar surface area (TPSA) is 128 Å². The van der Waals surface area contributed by atoms with Gasteiger partial charge in [-0.2, -0.15) is 0 Å². The SMILES string of the molecule is CC(=O)OCCOCCOCCOCCOCCOCCOCCOCCOCCOCCOCCOC(C)C. The molecule has 13 nitrogen and oxygen atoms in total. The van der Waals surface area contributed by atoms with Gasteiger partial charge in [-0.25, -0.2) is 0 Å². The van der Waals surface area contributed by atoms with E-state index in [1.165, 1.54) is 6.92 Å². The molecule has 0 amide bonds. The molecule has 0 aromatic heterocycles. The zero-order valence-electron chi connectivity index (χ0n) is 24.9. The Morgan fingerprint density at radius 2 is 0.575 bits per heavy atom. The Labute approximate surface area is 240 Å². The number of rotatable bonds is 34. The molecule has 0 heterocycles. The van der Waals surface area contributed by atoms with Gasteiger partial charge in [-0.3, -0.25) is 4.79 Å². The molecule has 0 aliphatic heterocycles. The molecule has 0 aliphatic carbocycles. The zero-order valence-corrected chi connectivity index (χ0v) is 24.9. The summed E-state index contributed by atoms with van der Waals surface area (Å²) < 4.78 is 64.2. The van der Waals surface area contributed by atoms with Gasteiger partial charge in [0.05, 0.1) is 145 Å². The van der Waals surface area contributed by atoms with Crippen LogP contribution in [0.2, 0.25) is 0 Å². The first kappa shape index (κ1) is 39.0. The van der Waals surface area contributed by atoms with E-state index in [0.29, 0.717) is 139 Å². The molecule has 0 atom stereocenters. The highest BCUT2D eigenvalue weighted by Gasteiger charge is 1.97. The van der Waals surface area contributed by atoms with E-state index in [0.717, 1.165) is 0 Å². The molecule has 0 radical (unpaired) electrons. The van der Waals surface area contributed by atoms with Gasteiger partial charge in [-0.15, -0.1) is 0 Å². The summed E-state index contributed by atoms with van der Waals surface area (Å²) in [5.74, 6) is -0.310. The summed E-state index contributed by atoms with van der Waals surface area (Å²) in [5, 5.41) is 0. The van der Waals surface area contributed by atoms with Gasteiger partial charge in [-0.05, 0) is 13.8 Å². The Kier molecular flexibility index (Phi) is 33.4. The maximum atomic E-state index is 10.6. The Morgan fingerprint density at radius 1 is 0.375 bits per heavy atom. The summed E-state index contributed by atoms with van der Waals surface area (Å²) >= 11 is 0. The highest BCUT2D eigenvalue weighted by atomic mass is 16.6. The predicted molar refractivity (Wildman–Crippen MR) is 146 cm³/mol. The lowest BCUT2D eigenvalue weighted by atomic mass is 10.5. The van der Waals surface area contributed by atoms with Gasteiger partial charge in [0.2, 0.25) is 0 Å². The van der Waals surface area contributed by atoms with E-state index < -0.39 is 0 Å².